The lowest BCUT2D eigenvalue weighted by atomic mass is 9.90. The van der Waals surface area contributed by atoms with Gasteiger partial charge in [-0.05, 0) is 29.3 Å². The van der Waals surface area contributed by atoms with Crippen molar-refractivity contribution in [2.24, 2.45) is 5.73 Å². The quantitative estimate of drug-likeness (QED) is 0.913. The zero-order chi connectivity index (χ0) is 13.0. The molecule has 2 unspecified atom stereocenters. The third-order valence-electron chi connectivity index (χ3n) is 2.94. The molecule has 3 N–H and O–H groups in total. The molecule has 2 aromatic rings. The maximum absolute atomic E-state index is 10.4. The molecule has 0 amide bonds. The Labute approximate surface area is 115 Å². The average Bonchev–Trinajstić information content (AvgIpc) is 2.41. The highest BCUT2D eigenvalue weighted by Crippen LogP contribution is 2.30. The second-order valence-electron chi connectivity index (χ2n) is 4.13. The molecule has 1 aromatic carbocycles. The second-order valence-corrected chi connectivity index (χ2v) is 5.04. The first-order valence-corrected chi connectivity index (χ1v) is 6.55. The Morgan fingerprint density at radius 2 is 2.00 bits per heavy atom. The van der Waals surface area contributed by atoms with Crippen LogP contribution in [0.1, 0.15) is 23.1 Å². The minimum Gasteiger partial charge on any atom is -0.388 e. The van der Waals surface area contributed by atoms with E-state index >= 15 is 0 Å². The van der Waals surface area contributed by atoms with Gasteiger partial charge in [0.15, 0.2) is 0 Å². The normalized spacial score (nSPS) is 14.2. The van der Waals surface area contributed by atoms with Crippen LogP contribution in [0.4, 0.5) is 0 Å². The summed E-state index contributed by atoms with van der Waals surface area (Å²) in [5.41, 5.74) is 7.58. The number of aliphatic hydroxyl groups is 1. The highest BCUT2D eigenvalue weighted by Gasteiger charge is 2.21. The van der Waals surface area contributed by atoms with Gasteiger partial charge in [0.1, 0.15) is 0 Å². The monoisotopic (exact) mass is 306 g/mol. The van der Waals surface area contributed by atoms with Crippen molar-refractivity contribution in [1.82, 2.24) is 4.98 Å². The van der Waals surface area contributed by atoms with Gasteiger partial charge in [-0.25, -0.2) is 0 Å². The SMILES string of the molecule is NCC(c1cccnc1)C(O)c1cccc(Br)c1. The molecule has 2 rings (SSSR count). The highest BCUT2D eigenvalue weighted by atomic mass is 79.9. The number of benzene rings is 1. The molecule has 0 saturated heterocycles. The summed E-state index contributed by atoms with van der Waals surface area (Å²) in [6.07, 6.45) is 2.83. The average molecular weight is 307 g/mol. The van der Waals surface area contributed by atoms with E-state index in [1.54, 1.807) is 12.4 Å². The number of aliphatic hydroxyl groups excluding tert-OH is 1. The molecule has 4 heteroatoms. The molecule has 0 aliphatic carbocycles. The van der Waals surface area contributed by atoms with Gasteiger partial charge in [-0.1, -0.05) is 34.1 Å². The summed E-state index contributed by atoms with van der Waals surface area (Å²) in [7, 11) is 0. The summed E-state index contributed by atoms with van der Waals surface area (Å²) in [4.78, 5) is 4.07. The van der Waals surface area contributed by atoms with Crippen molar-refractivity contribution >= 4 is 15.9 Å². The van der Waals surface area contributed by atoms with E-state index in [-0.39, 0.29) is 5.92 Å². The molecule has 0 aliphatic heterocycles. The molecule has 1 heterocycles. The van der Waals surface area contributed by atoms with Crippen LogP contribution in [0.15, 0.2) is 53.3 Å². The van der Waals surface area contributed by atoms with Gasteiger partial charge in [-0.3, -0.25) is 4.98 Å². The van der Waals surface area contributed by atoms with E-state index in [2.05, 4.69) is 20.9 Å². The summed E-state index contributed by atoms with van der Waals surface area (Å²) in [6.45, 7) is 0.374. The van der Waals surface area contributed by atoms with Crippen molar-refractivity contribution in [3.8, 4) is 0 Å². The Bertz CT molecular complexity index is 504. The molecular formula is C14H15BrN2O. The van der Waals surface area contributed by atoms with Crippen LogP contribution < -0.4 is 5.73 Å². The number of halogens is 1. The molecule has 3 nitrogen and oxygen atoms in total. The largest absolute Gasteiger partial charge is 0.388 e. The van der Waals surface area contributed by atoms with Crippen LogP contribution in [-0.4, -0.2) is 16.6 Å². The number of nitrogens with two attached hydrogens (primary N) is 1. The molecule has 0 radical (unpaired) electrons. The van der Waals surface area contributed by atoms with Crippen molar-refractivity contribution in [3.63, 3.8) is 0 Å². The maximum Gasteiger partial charge on any atom is 0.0871 e. The van der Waals surface area contributed by atoms with Gasteiger partial charge in [0.05, 0.1) is 6.10 Å². The first kappa shape index (κ1) is 13.2. The molecule has 94 valence electrons. The summed E-state index contributed by atoms with van der Waals surface area (Å²) >= 11 is 3.40. The molecular weight excluding hydrogens is 292 g/mol. The number of hydrogen-bond acceptors (Lipinski definition) is 3. The predicted molar refractivity (Wildman–Crippen MR) is 75.1 cm³/mol. The minimum atomic E-state index is -0.628. The van der Waals surface area contributed by atoms with E-state index in [9.17, 15) is 5.11 Å². The Kier molecular flexibility index (Phi) is 4.47. The van der Waals surface area contributed by atoms with E-state index < -0.39 is 6.10 Å². The van der Waals surface area contributed by atoms with Gasteiger partial charge >= 0.3 is 0 Å². The Hall–Kier alpha value is -1.23. The Balaban J connectivity index is 2.28. The van der Waals surface area contributed by atoms with Crippen molar-refractivity contribution < 1.29 is 5.11 Å². The number of rotatable bonds is 4. The Morgan fingerprint density at radius 3 is 2.61 bits per heavy atom. The summed E-state index contributed by atoms with van der Waals surface area (Å²) in [6, 6.07) is 11.4. The molecule has 1 aromatic heterocycles. The van der Waals surface area contributed by atoms with Gasteiger partial charge in [-0.2, -0.15) is 0 Å². The lowest BCUT2D eigenvalue weighted by molar-refractivity contribution is 0.147. The van der Waals surface area contributed by atoms with Crippen LogP contribution in [0.25, 0.3) is 0 Å². The van der Waals surface area contributed by atoms with Gasteiger partial charge in [0.2, 0.25) is 0 Å². The van der Waals surface area contributed by atoms with Gasteiger partial charge < -0.3 is 10.8 Å². The lowest BCUT2D eigenvalue weighted by Crippen LogP contribution is -2.20. The summed E-state index contributed by atoms with van der Waals surface area (Å²) < 4.78 is 0.945. The fourth-order valence-electron chi connectivity index (χ4n) is 1.97. The van der Waals surface area contributed by atoms with Gasteiger partial charge in [-0.15, -0.1) is 0 Å². The smallest absolute Gasteiger partial charge is 0.0871 e. The van der Waals surface area contributed by atoms with E-state index in [0.717, 1.165) is 15.6 Å². The predicted octanol–water partition coefficient (Wildman–Crippen LogP) is 2.62. The second kappa shape index (κ2) is 6.09. The molecule has 18 heavy (non-hydrogen) atoms. The third kappa shape index (κ3) is 2.96. The fraction of sp³-hybridized carbons (Fsp3) is 0.214. The Morgan fingerprint density at radius 1 is 1.22 bits per heavy atom. The fourth-order valence-corrected chi connectivity index (χ4v) is 2.38. The molecule has 0 saturated carbocycles. The number of nitrogens with zero attached hydrogens (tertiary/aromatic N) is 1. The topological polar surface area (TPSA) is 59.1 Å². The molecule has 0 aliphatic rings. The molecule has 0 bridgehead atoms. The molecule has 2 atom stereocenters. The van der Waals surface area contributed by atoms with Crippen molar-refractivity contribution in [2.45, 2.75) is 12.0 Å². The van der Waals surface area contributed by atoms with E-state index in [1.165, 1.54) is 0 Å². The lowest BCUT2D eigenvalue weighted by Gasteiger charge is -2.22. The zero-order valence-corrected chi connectivity index (χ0v) is 11.4. The van der Waals surface area contributed by atoms with Crippen LogP contribution in [0, 0.1) is 0 Å². The maximum atomic E-state index is 10.4. The zero-order valence-electron chi connectivity index (χ0n) is 9.83. The first-order valence-electron chi connectivity index (χ1n) is 5.76. The van der Waals surface area contributed by atoms with Crippen LogP contribution in [0.3, 0.4) is 0 Å². The van der Waals surface area contributed by atoms with Crippen molar-refractivity contribution in [2.75, 3.05) is 6.54 Å². The minimum absolute atomic E-state index is 0.145. The van der Waals surface area contributed by atoms with Gasteiger partial charge in [0, 0.05) is 29.3 Å². The molecule has 0 fully saturated rings. The number of aromatic nitrogens is 1. The number of pyridine rings is 1. The van der Waals surface area contributed by atoms with E-state index in [0.29, 0.717) is 6.54 Å². The first-order chi connectivity index (χ1) is 8.72. The van der Waals surface area contributed by atoms with Crippen LogP contribution in [0.2, 0.25) is 0 Å². The van der Waals surface area contributed by atoms with Crippen LogP contribution >= 0.6 is 15.9 Å². The summed E-state index contributed by atoms with van der Waals surface area (Å²) in [5.74, 6) is -0.145. The van der Waals surface area contributed by atoms with Crippen LogP contribution in [-0.2, 0) is 0 Å². The van der Waals surface area contributed by atoms with Crippen molar-refractivity contribution in [1.29, 1.82) is 0 Å². The van der Waals surface area contributed by atoms with Crippen molar-refractivity contribution in [3.05, 3.63) is 64.4 Å². The molecule has 0 spiro atoms. The highest BCUT2D eigenvalue weighted by molar-refractivity contribution is 9.10. The van der Waals surface area contributed by atoms with Crippen LogP contribution in [0.5, 0.6) is 0 Å². The third-order valence-corrected chi connectivity index (χ3v) is 3.43. The van der Waals surface area contributed by atoms with E-state index in [1.807, 2.05) is 36.4 Å². The van der Waals surface area contributed by atoms with Gasteiger partial charge in [0.25, 0.3) is 0 Å². The summed E-state index contributed by atoms with van der Waals surface area (Å²) in [5, 5.41) is 10.4. The number of hydrogen-bond donors (Lipinski definition) is 2. The standard InChI is InChI=1S/C14H15BrN2O/c15-12-5-1-3-10(7-12)14(18)13(8-16)11-4-2-6-17-9-11/h1-7,9,13-14,18H,8,16H2. The van der Waals surface area contributed by atoms with E-state index in [4.69, 9.17) is 5.73 Å².